The molecule has 1 aromatic carbocycles. The zero-order valence-electron chi connectivity index (χ0n) is 12.6. The van der Waals surface area contributed by atoms with Crippen LogP contribution in [0.25, 0.3) is 10.9 Å². The summed E-state index contributed by atoms with van der Waals surface area (Å²) in [5, 5.41) is 0.534. The van der Waals surface area contributed by atoms with E-state index in [1.807, 2.05) is 13.0 Å². The van der Waals surface area contributed by atoms with Crippen molar-refractivity contribution in [2.24, 2.45) is 11.7 Å². The monoisotopic (exact) mass is 300 g/mol. The molecule has 116 valence electrons. The molecule has 2 heterocycles. The summed E-state index contributed by atoms with van der Waals surface area (Å²) in [6.07, 6.45) is 2.25. The minimum atomic E-state index is -0.180. The molecule has 6 nitrogen and oxygen atoms in total. The number of rotatable bonds is 2. The van der Waals surface area contributed by atoms with Gasteiger partial charge in [-0.25, -0.2) is 4.98 Å². The van der Waals surface area contributed by atoms with Gasteiger partial charge in [-0.2, -0.15) is 0 Å². The summed E-state index contributed by atoms with van der Waals surface area (Å²) in [7, 11) is 0. The smallest absolute Gasteiger partial charge is 0.261 e. The van der Waals surface area contributed by atoms with Crippen molar-refractivity contribution in [1.29, 1.82) is 0 Å². The molecular weight excluding hydrogens is 280 g/mol. The summed E-state index contributed by atoms with van der Waals surface area (Å²) >= 11 is 0. The summed E-state index contributed by atoms with van der Waals surface area (Å²) in [6.45, 7) is 3.38. The van der Waals surface area contributed by atoms with Gasteiger partial charge in [0, 0.05) is 19.1 Å². The highest BCUT2D eigenvalue weighted by Gasteiger charge is 2.26. The largest absolute Gasteiger partial charge is 0.341 e. The summed E-state index contributed by atoms with van der Waals surface area (Å²) in [5.41, 5.74) is 6.44. The van der Waals surface area contributed by atoms with E-state index in [0.29, 0.717) is 24.0 Å². The van der Waals surface area contributed by atoms with Crippen LogP contribution in [0.3, 0.4) is 0 Å². The minimum absolute atomic E-state index is 0.0264. The number of para-hydroxylation sites is 1. The van der Waals surface area contributed by atoms with Gasteiger partial charge < -0.3 is 10.6 Å². The van der Waals surface area contributed by atoms with E-state index in [1.165, 1.54) is 10.9 Å². The van der Waals surface area contributed by atoms with Crippen molar-refractivity contribution < 1.29 is 4.79 Å². The molecule has 2 unspecified atom stereocenters. The molecule has 0 saturated carbocycles. The predicted octanol–water partition coefficient (Wildman–Crippen LogP) is 0.592. The first kappa shape index (κ1) is 14.7. The van der Waals surface area contributed by atoms with Gasteiger partial charge in [-0.15, -0.1) is 0 Å². The maximum Gasteiger partial charge on any atom is 0.261 e. The quantitative estimate of drug-likeness (QED) is 0.880. The molecule has 0 spiro atoms. The molecule has 1 amide bonds. The maximum absolute atomic E-state index is 12.4. The number of likely N-dealkylation sites (tertiary alicyclic amines) is 1. The van der Waals surface area contributed by atoms with E-state index in [-0.39, 0.29) is 30.0 Å². The molecule has 22 heavy (non-hydrogen) atoms. The molecule has 2 aromatic rings. The fraction of sp³-hybridized carbons (Fsp3) is 0.438. The predicted molar refractivity (Wildman–Crippen MR) is 84.3 cm³/mol. The maximum atomic E-state index is 12.4. The van der Waals surface area contributed by atoms with Gasteiger partial charge in [0.15, 0.2) is 0 Å². The van der Waals surface area contributed by atoms with Gasteiger partial charge in [0.2, 0.25) is 5.91 Å². The van der Waals surface area contributed by atoms with E-state index in [9.17, 15) is 9.59 Å². The normalized spacial score (nSPS) is 22.0. The van der Waals surface area contributed by atoms with E-state index >= 15 is 0 Å². The molecule has 1 aliphatic rings. The van der Waals surface area contributed by atoms with E-state index in [0.717, 1.165) is 6.42 Å². The highest BCUT2D eigenvalue weighted by Crippen LogP contribution is 2.15. The van der Waals surface area contributed by atoms with Crippen LogP contribution in [-0.4, -0.2) is 39.5 Å². The molecule has 6 heteroatoms. The number of benzene rings is 1. The van der Waals surface area contributed by atoms with E-state index < -0.39 is 0 Å². The Kier molecular flexibility index (Phi) is 3.94. The number of nitrogens with zero attached hydrogens (tertiary/aromatic N) is 3. The molecule has 1 aliphatic heterocycles. The molecule has 1 fully saturated rings. The first-order valence-corrected chi connectivity index (χ1v) is 7.54. The molecule has 3 rings (SSSR count). The van der Waals surface area contributed by atoms with Crippen molar-refractivity contribution in [3.05, 3.63) is 40.9 Å². The van der Waals surface area contributed by atoms with E-state index in [1.54, 1.807) is 23.1 Å². The molecule has 0 bridgehead atoms. The number of aromatic nitrogens is 2. The summed E-state index contributed by atoms with van der Waals surface area (Å²) in [6, 6.07) is 7.30. The molecule has 0 radical (unpaired) electrons. The first-order valence-electron chi connectivity index (χ1n) is 7.54. The van der Waals surface area contributed by atoms with Gasteiger partial charge in [0.05, 0.1) is 17.2 Å². The molecular formula is C16H20N4O2. The number of piperidine rings is 1. The van der Waals surface area contributed by atoms with Crippen molar-refractivity contribution >= 4 is 16.8 Å². The third-order valence-corrected chi connectivity index (χ3v) is 4.36. The van der Waals surface area contributed by atoms with Gasteiger partial charge in [0.1, 0.15) is 6.54 Å². The van der Waals surface area contributed by atoms with Crippen molar-refractivity contribution in [3.63, 3.8) is 0 Å². The number of carbonyl (C=O) groups excluding carboxylic acids is 1. The van der Waals surface area contributed by atoms with Crippen LogP contribution in [0.5, 0.6) is 0 Å². The Balaban J connectivity index is 1.80. The van der Waals surface area contributed by atoms with Crippen molar-refractivity contribution in [1.82, 2.24) is 14.5 Å². The fourth-order valence-corrected chi connectivity index (χ4v) is 2.85. The molecule has 1 saturated heterocycles. The number of amides is 1. The van der Waals surface area contributed by atoms with Crippen molar-refractivity contribution in [3.8, 4) is 0 Å². The Bertz CT molecular complexity index is 755. The van der Waals surface area contributed by atoms with Crippen LogP contribution < -0.4 is 11.3 Å². The Morgan fingerprint density at radius 2 is 2.18 bits per heavy atom. The van der Waals surface area contributed by atoms with Crippen LogP contribution in [0.15, 0.2) is 35.4 Å². The highest BCUT2D eigenvalue weighted by atomic mass is 16.2. The average molecular weight is 300 g/mol. The van der Waals surface area contributed by atoms with E-state index in [4.69, 9.17) is 5.73 Å². The zero-order valence-corrected chi connectivity index (χ0v) is 12.6. The Hall–Kier alpha value is -2.21. The number of hydrogen-bond donors (Lipinski definition) is 1. The van der Waals surface area contributed by atoms with Crippen LogP contribution in [0, 0.1) is 5.92 Å². The average Bonchev–Trinajstić information content (AvgIpc) is 2.53. The van der Waals surface area contributed by atoms with Gasteiger partial charge in [-0.1, -0.05) is 19.1 Å². The SMILES string of the molecule is CC1CN(C(=O)Cn2cnc3ccccc3c2=O)CCC1N. The lowest BCUT2D eigenvalue weighted by atomic mass is 9.95. The zero-order chi connectivity index (χ0) is 15.7. The number of fused-ring (bicyclic) bond motifs is 1. The van der Waals surface area contributed by atoms with Gasteiger partial charge >= 0.3 is 0 Å². The molecule has 2 atom stereocenters. The first-order chi connectivity index (χ1) is 10.6. The lowest BCUT2D eigenvalue weighted by Crippen LogP contribution is -2.49. The van der Waals surface area contributed by atoms with Crippen LogP contribution in [0.1, 0.15) is 13.3 Å². The van der Waals surface area contributed by atoms with Crippen LogP contribution >= 0.6 is 0 Å². The number of hydrogen-bond acceptors (Lipinski definition) is 4. The standard InChI is InChI=1S/C16H20N4O2/c1-11-8-19(7-6-13(11)17)15(21)9-20-10-18-14-5-3-2-4-12(14)16(20)22/h2-5,10-11,13H,6-9,17H2,1H3. The Labute approximate surface area is 128 Å². The minimum Gasteiger partial charge on any atom is -0.341 e. The second-order valence-corrected chi connectivity index (χ2v) is 5.96. The third-order valence-electron chi connectivity index (χ3n) is 4.36. The second-order valence-electron chi connectivity index (χ2n) is 5.96. The van der Waals surface area contributed by atoms with Gasteiger partial charge in [-0.3, -0.25) is 14.2 Å². The summed E-state index contributed by atoms with van der Waals surface area (Å²) in [4.78, 5) is 30.8. The fourth-order valence-electron chi connectivity index (χ4n) is 2.85. The Morgan fingerprint density at radius 3 is 2.95 bits per heavy atom. The van der Waals surface area contributed by atoms with Gasteiger partial charge in [-0.05, 0) is 24.5 Å². The van der Waals surface area contributed by atoms with Crippen LogP contribution in [0.2, 0.25) is 0 Å². The second kappa shape index (κ2) is 5.88. The molecule has 1 aromatic heterocycles. The lowest BCUT2D eigenvalue weighted by Gasteiger charge is -2.35. The van der Waals surface area contributed by atoms with Crippen LogP contribution in [-0.2, 0) is 11.3 Å². The van der Waals surface area contributed by atoms with Crippen LogP contribution in [0.4, 0.5) is 0 Å². The topological polar surface area (TPSA) is 81.2 Å². The lowest BCUT2D eigenvalue weighted by molar-refractivity contribution is -0.133. The molecule has 0 aliphatic carbocycles. The highest BCUT2D eigenvalue weighted by molar-refractivity contribution is 5.79. The Morgan fingerprint density at radius 1 is 1.41 bits per heavy atom. The van der Waals surface area contributed by atoms with Crippen molar-refractivity contribution in [2.75, 3.05) is 13.1 Å². The van der Waals surface area contributed by atoms with E-state index in [2.05, 4.69) is 4.98 Å². The number of nitrogens with two attached hydrogens (primary N) is 1. The summed E-state index contributed by atoms with van der Waals surface area (Å²) in [5.74, 6) is 0.224. The summed E-state index contributed by atoms with van der Waals surface area (Å²) < 4.78 is 1.38. The van der Waals surface area contributed by atoms with Crippen molar-refractivity contribution in [2.45, 2.75) is 25.9 Å². The molecule has 2 N–H and O–H groups in total. The third kappa shape index (κ3) is 2.74. The number of carbonyl (C=O) groups is 1. The van der Waals surface area contributed by atoms with Gasteiger partial charge in [0.25, 0.3) is 5.56 Å².